The molecule has 0 atom stereocenters. The number of carbonyl (C=O) groups is 1. The van der Waals surface area contributed by atoms with Gasteiger partial charge in [-0.05, 0) is 35.2 Å². The number of hydrogen-bond donors (Lipinski definition) is 0. The topological polar surface area (TPSA) is 34.9 Å². The molecule has 3 nitrogen and oxygen atoms in total. The highest BCUT2D eigenvalue weighted by molar-refractivity contribution is 5.90. The van der Waals surface area contributed by atoms with Crippen LogP contribution in [-0.2, 0) is 0 Å². The van der Waals surface area contributed by atoms with Crippen molar-refractivity contribution < 1.29 is 4.79 Å². The van der Waals surface area contributed by atoms with E-state index in [0.717, 1.165) is 34.1 Å². The average Bonchev–Trinajstić information content (AvgIpc) is 3.05. The van der Waals surface area contributed by atoms with Gasteiger partial charge in [0.05, 0.1) is 5.52 Å². The lowest BCUT2D eigenvalue weighted by Gasteiger charge is -2.12. The molecule has 0 aliphatic heterocycles. The quantitative estimate of drug-likeness (QED) is 0.522. The van der Waals surface area contributed by atoms with Crippen LogP contribution < -0.4 is 0 Å². The number of pyridine rings is 1. The number of rotatable bonds is 3. The molecule has 0 fully saturated rings. The van der Waals surface area contributed by atoms with Crippen molar-refractivity contribution in [1.29, 1.82) is 0 Å². The van der Waals surface area contributed by atoms with Crippen LogP contribution in [0.5, 0.6) is 0 Å². The second kappa shape index (κ2) is 5.54. The number of aldehydes is 1. The van der Waals surface area contributed by atoms with Gasteiger partial charge in [0.1, 0.15) is 5.82 Å². The van der Waals surface area contributed by atoms with Gasteiger partial charge in [-0.2, -0.15) is 0 Å². The summed E-state index contributed by atoms with van der Waals surface area (Å²) >= 11 is 0. The molecular weight excluding hydrogens is 284 g/mol. The number of para-hydroxylation sites is 1. The number of fused-ring (bicyclic) bond motifs is 1. The third kappa shape index (κ3) is 2.23. The Morgan fingerprint density at radius 2 is 1.61 bits per heavy atom. The number of hydrogen-bond acceptors (Lipinski definition) is 2. The third-order valence-corrected chi connectivity index (χ3v) is 3.99. The molecule has 0 radical (unpaired) electrons. The van der Waals surface area contributed by atoms with E-state index in [1.807, 2.05) is 54.7 Å². The van der Waals surface area contributed by atoms with Crippen molar-refractivity contribution in [2.45, 2.75) is 0 Å². The Hall–Kier alpha value is -3.20. The molecule has 2 heterocycles. The molecule has 23 heavy (non-hydrogen) atoms. The van der Waals surface area contributed by atoms with Crippen LogP contribution in [0.15, 0.2) is 79.1 Å². The van der Waals surface area contributed by atoms with Gasteiger partial charge in [0.25, 0.3) is 0 Å². The fraction of sp³-hybridized carbons (Fsp3) is 0. The first-order valence-corrected chi connectivity index (χ1v) is 7.44. The monoisotopic (exact) mass is 298 g/mol. The fourth-order valence-electron chi connectivity index (χ4n) is 2.91. The molecule has 0 aliphatic rings. The smallest absolute Gasteiger partial charge is 0.150 e. The third-order valence-electron chi connectivity index (χ3n) is 3.99. The van der Waals surface area contributed by atoms with Crippen LogP contribution in [-0.4, -0.2) is 15.8 Å². The lowest BCUT2D eigenvalue weighted by molar-refractivity contribution is 0.112. The Morgan fingerprint density at radius 3 is 2.52 bits per heavy atom. The Labute approximate surface area is 133 Å². The molecule has 110 valence electrons. The minimum atomic E-state index is 0.665. The molecule has 0 aliphatic carbocycles. The van der Waals surface area contributed by atoms with Gasteiger partial charge < -0.3 is 4.57 Å². The maximum atomic E-state index is 11.4. The lowest BCUT2D eigenvalue weighted by Crippen LogP contribution is -2.00. The van der Waals surface area contributed by atoms with Crippen molar-refractivity contribution in [3.05, 3.63) is 84.7 Å². The van der Waals surface area contributed by atoms with E-state index in [9.17, 15) is 4.79 Å². The predicted molar refractivity (Wildman–Crippen MR) is 91.9 cm³/mol. The van der Waals surface area contributed by atoms with E-state index in [-0.39, 0.29) is 0 Å². The molecular formula is C20H14N2O. The first-order chi connectivity index (χ1) is 11.4. The summed E-state index contributed by atoms with van der Waals surface area (Å²) in [6.07, 6.45) is 4.68. The highest BCUT2D eigenvalue weighted by Gasteiger charge is 2.12. The normalized spacial score (nSPS) is 10.8. The van der Waals surface area contributed by atoms with Gasteiger partial charge >= 0.3 is 0 Å². The van der Waals surface area contributed by atoms with Crippen molar-refractivity contribution in [2.24, 2.45) is 0 Å². The summed E-state index contributed by atoms with van der Waals surface area (Å²) < 4.78 is 2.06. The summed E-state index contributed by atoms with van der Waals surface area (Å²) in [5, 5.41) is 1.16. The van der Waals surface area contributed by atoms with E-state index in [1.165, 1.54) is 0 Å². The Morgan fingerprint density at radius 1 is 0.826 bits per heavy atom. The number of aromatic nitrogens is 2. The molecule has 2 aromatic carbocycles. The summed E-state index contributed by atoms with van der Waals surface area (Å²) in [5.74, 6) is 0.822. The van der Waals surface area contributed by atoms with Crippen LogP contribution in [0.2, 0.25) is 0 Å². The van der Waals surface area contributed by atoms with Gasteiger partial charge in [-0.25, -0.2) is 4.98 Å². The Kier molecular flexibility index (Phi) is 3.24. The maximum Gasteiger partial charge on any atom is 0.150 e. The van der Waals surface area contributed by atoms with E-state index in [1.54, 1.807) is 6.20 Å². The van der Waals surface area contributed by atoms with Crippen molar-refractivity contribution in [2.75, 3.05) is 0 Å². The minimum absolute atomic E-state index is 0.665. The van der Waals surface area contributed by atoms with Crippen LogP contribution >= 0.6 is 0 Å². The molecule has 0 spiro atoms. The van der Waals surface area contributed by atoms with Crippen molar-refractivity contribution >= 4 is 17.2 Å². The molecule has 4 rings (SSSR count). The van der Waals surface area contributed by atoms with Crippen LogP contribution in [0.25, 0.3) is 27.8 Å². The lowest BCUT2D eigenvalue weighted by atomic mass is 10.0. The molecule has 2 aromatic heterocycles. The predicted octanol–water partition coefficient (Wildman–Crippen LogP) is 4.51. The van der Waals surface area contributed by atoms with E-state index >= 15 is 0 Å². The summed E-state index contributed by atoms with van der Waals surface area (Å²) in [5.41, 5.74) is 3.59. The van der Waals surface area contributed by atoms with E-state index in [0.29, 0.717) is 5.56 Å². The Bertz CT molecular complexity index is 1000. The first-order valence-electron chi connectivity index (χ1n) is 7.44. The molecule has 0 amide bonds. The summed E-state index contributed by atoms with van der Waals surface area (Å²) in [6.45, 7) is 0. The van der Waals surface area contributed by atoms with E-state index < -0.39 is 0 Å². The standard InChI is InChI=1S/C20H14N2O/c23-14-16-7-1-3-8-17(16)18-9-5-12-21-20(18)22-13-11-15-6-2-4-10-19(15)22/h1-14H. The van der Waals surface area contributed by atoms with Gasteiger partial charge in [0, 0.05) is 23.5 Å². The molecule has 0 bridgehead atoms. The van der Waals surface area contributed by atoms with Crippen LogP contribution in [0.1, 0.15) is 10.4 Å². The van der Waals surface area contributed by atoms with Crippen LogP contribution in [0, 0.1) is 0 Å². The summed E-state index contributed by atoms with van der Waals surface area (Å²) in [7, 11) is 0. The summed E-state index contributed by atoms with van der Waals surface area (Å²) in [4.78, 5) is 16.0. The second-order valence-electron chi connectivity index (χ2n) is 5.32. The number of carbonyl (C=O) groups excluding carboxylic acids is 1. The largest absolute Gasteiger partial charge is 0.301 e. The zero-order chi connectivity index (χ0) is 15.6. The zero-order valence-electron chi connectivity index (χ0n) is 12.4. The van der Waals surface area contributed by atoms with Gasteiger partial charge in [-0.1, -0.05) is 42.5 Å². The molecule has 0 saturated heterocycles. The van der Waals surface area contributed by atoms with Crippen LogP contribution in [0.3, 0.4) is 0 Å². The molecule has 4 aromatic rings. The number of benzene rings is 2. The zero-order valence-corrected chi connectivity index (χ0v) is 12.4. The van der Waals surface area contributed by atoms with Gasteiger partial charge in [-0.15, -0.1) is 0 Å². The molecule has 3 heteroatoms. The summed E-state index contributed by atoms with van der Waals surface area (Å²) in [6, 6.07) is 21.7. The van der Waals surface area contributed by atoms with Crippen molar-refractivity contribution in [3.8, 4) is 16.9 Å². The minimum Gasteiger partial charge on any atom is -0.301 e. The highest BCUT2D eigenvalue weighted by atomic mass is 16.1. The number of nitrogens with zero attached hydrogens (tertiary/aromatic N) is 2. The molecule has 0 unspecified atom stereocenters. The molecule has 0 saturated carbocycles. The van der Waals surface area contributed by atoms with Crippen molar-refractivity contribution in [3.63, 3.8) is 0 Å². The van der Waals surface area contributed by atoms with Gasteiger partial charge in [-0.3, -0.25) is 4.79 Å². The Balaban J connectivity index is 2.00. The van der Waals surface area contributed by atoms with Gasteiger partial charge in [0.2, 0.25) is 0 Å². The van der Waals surface area contributed by atoms with Crippen LogP contribution in [0.4, 0.5) is 0 Å². The first kappa shape index (κ1) is 13.5. The van der Waals surface area contributed by atoms with Crippen molar-refractivity contribution in [1.82, 2.24) is 9.55 Å². The molecule has 0 N–H and O–H groups in total. The van der Waals surface area contributed by atoms with E-state index in [4.69, 9.17) is 0 Å². The average molecular weight is 298 g/mol. The van der Waals surface area contributed by atoms with E-state index in [2.05, 4.69) is 27.8 Å². The SMILES string of the molecule is O=Cc1ccccc1-c1cccnc1-n1ccc2ccccc21. The highest BCUT2D eigenvalue weighted by Crippen LogP contribution is 2.29. The van der Waals surface area contributed by atoms with Gasteiger partial charge in [0.15, 0.2) is 6.29 Å². The maximum absolute atomic E-state index is 11.4. The second-order valence-corrected chi connectivity index (χ2v) is 5.32. The fourth-order valence-corrected chi connectivity index (χ4v) is 2.91.